The number of anilines is 2. The molecule has 0 bridgehead atoms. The van der Waals surface area contributed by atoms with Crippen molar-refractivity contribution >= 4 is 29.9 Å². The van der Waals surface area contributed by atoms with Gasteiger partial charge in [-0.3, -0.25) is 24.7 Å². The van der Waals surface area contributed by atoms with Gasteiger partial charge in [0.05, 0.1) is 18.2 Å². The fourth-order valence-electron chi connectivity index (χ4n) is 4.61. The lowest BCUT2D eigenvalue weighted by molar-refractivity contribution is -0.136. The maximum absolute atomic E-state index is 12.9. The van der Waals surface area contributed by atoms with Crippen LogP contribution in [-0.2, 0) is 22.5 Å². The summed E-state index contributed by atoms with van der Waals surface area (Å²) in [5.41, 5.74) is 2.08. The molecule has 2 unspecified atom stereocenters. The number of nitriles is 1. The first-order valence-corrected chi connectivity index (χ1v) is 12.2. The van der Waals surface area contributed by atoms with Crippen LogP contribution in [0.1, 0.15) is 40.0 Å². The Morgan fingerprint density at radius 2 is 2.14 bits per heavy atom. The monoisotopic (exact) mass is 505 g/mol. The van der Waals surface area contributed by atoms with E-state index in [1.807, 2.05) is 11.9 Å². The highest BCUT2D eigenvalue weighted by Gasteiger charge is 2.31. The fourth-order valence-corrected chi connectivity index (χ4v) is 4.61. The van der Waals surface area contributed by atoms with Gasteiger partial charge in [0.1, 0.15) is 23.4 Å². The van der Waals surface area contributed by atoms with Gasteiger partial charge < -0.3 is 9.64 Å². The summed E-state index contributed by atoms with van der Waals surface area (Å²) >= 11 is 0. The molecule has 2 aromatic rings. The number of likely N-dealkylation sites (N-methyl/N-ethyl adjacent to an activating group) is 1. The van der Waals surface area contributed by atoms with Gasteiger partial charge in [-0.1, -0.05) is 6.07 Å². The smallest absolute Gasteiger partial charge is 0.328 e. The number of rotatable bonds is 8. The molecule has 1 aliphatic carbocycles. The van der Waals surface area contributed by atoms with E-state index < -0.39 is 6.03 Å². The zero-order chi connectivity index (χ0) is 26.5. The fraction of sp³-hybridized carbons (Fsp3) is 0.462. The van der Waals surface area contributed by atoms with E-state index in [-0.39, 0.29) is 30.1 Å². The van der Waals surface area contributed by atoms with Crippen molar-refractivity contribution in [2.24, 2.45) is 5.92 Å². The summed E-state index contributed by atoms with van der Waals surface area (Å²) in [5.74, 6) is 0.922. The van der Waals surface area contributed by atoms with Crippen LogP contribution in [0.4, 0.5) is 16.4 Å². The van der Waals surface area contributed by atoms with Crippen molar-refractivity contribution in [3.63, 3.8) is 0 Å². The largest absolute Gasteiger partial charge is 0.381 e. The molecule has 2 aliphatic rings. The molecule has 1 aliphatic heterocycles. The molecule has 3 heterocycles. The maximum Gasteiger partial charge on any atom is 0.328 e. The number of aldehydes is 1. The Hall–Kier alpha value is -3.88. The van der Waals surface area contributed by atoms with E-state index in [0.29, 0.717) is 48.7 Å². The summed E-state index contributed by atoms with van der Waals surface area (Å²) in [7, 11) is 5.12. The lowest BCUT2D eigenvalue weighted by atomic mass is 9.77. The van der Waals surface area contributed by atoms with Crippen LogP contribution in [0.15, 0.2) is 24.4 Å². The Morgan fingerprint density at radius 1 is 1.32 bits per heavy atom. The third-order valence-electron chi connectivity index (χ3n) is 7.11. The van der Waals surface area contributed by atoms with Crippen LogP contribution in [0.5, 0.6) is 0 Å². The summed E-state index contributed by atoms with van der Waals surface area (Å²) in [6.07, 6.45) is 4.97. The van der Waals surface area contributed by atoms with E-state index in [0.717, 1.165) is 24.9 Å². The van der Waals surface area contributed by atoms with E-state index >= 15 is 0 Å². The van der Waals surface area contributed by atoms with Crippen LogP contribution in [0.2, 0.25) is 0 Å². The summed E-state index contributed by atoms with van der Waals surface area (Å²) in [4.78, 5) is 50.5. The molecule has 2 atom stereocenters. The summed E-state index contributed by atoms with van der Waals surface area (Å²) in [6.45, 7) is 1.95. The highest BCUT2D eigenvalue weighted by molar-refractivity contribution is 6.00. The van der Waals surface area contributed by atoms with Crippen LogP contribution < -0.4 is 10.2 Å². The van der Waals surface area contributed by atoms with Crippen LogP contribution in [0.3, 0.4) is 0 Å². The Kier molecular flexibility index (Phi) is 8.11. The number of nitrogens with one attached hydrogen (secondary N) is 1. The van der Waals surface area contributed by atoms with Gasteiger partial charge in [0.2, 0.25) is 5.91 Å². The number of carbonyl (C=O) groups is 3. The molecule has 1 saturated carbocycles. The third-order valence-corrected chi connectivity index (χ3v) is 7.11. The first kappa shape index (κ1) is 26.2. The van der Waals surface area contributed by atoms with E-state index in [9.17, 15) is 19.6 Å². The van der Waals surface area contributed by atoms with E-state index in [4.69, 9.17) is 4.74 Å². The van der Waals surface area contributed by atoms with Crippen LogP contribution >= 0.6 is 0 Å². The number of ether oxygens (including phenoxy) is 1. The van der Waals surface area contributed by atoms with Gasteiger partial charge in [0.25, 0.3) is 0 Å². The van der Waals surface area contributed by atoms with Crippen molar-refractivity contribution < 1.29 is 19.1 Å². The first-order chi connectivity index (χ1) is 17.8. The standard InChI is InChI=1S/C26H31N7O4/c1-31-8-9-33(25(35)15-31)14-18-5-7-24(29-21(18)16-34)32(2)26(36)30-23-11-19(20(12-27)13-28-23)10-17-4-6-22(17)37-3/h5,7,11,13,16-17,22H,4,6,8-10,14-15H2,1-3H3,(H,28,30,36). The number of hydrogen-bond donors (Lipinski definition) is 1. The van der Waals surface area contributed by atoms with Gasteiger partial charge in [-0.2, -0.15) is 5.26 Å². The Labute approximate surface area is 216 Å². The minimum Gasteiger partial charge on any atom is -0.381 e. The van der Waals surface area contributed by atoms with Gasteiger partial charge in [0.15, 0.2) is 6.29 Å². The van der Waals surface area contributed by atoms with E-state index in [1.165, 1.54) is 18.1 Å². The van der Waals surface area contributed by atoms with Crippen molar-refractivity contribution in [3.05, 3.63) is 46.8 Å². The third kappa shape index (κ3) is 5.93. The molecule has 1 N–H and O–H groups in total. The molecule has 3 amide bonds. The predicted octanol–water partition coefficient (Wildman–Crippen LogP) is 2.07. The number of amides is 3. The molecule has 11 nitrogen and oxygen atoms in total. The molecule has 11 heteroatoms. The number of methoxy groups -OCH3 is 1. The van der Waals surface area contributed by atoms with Gasteiger partial charge in [0, 0.05) is 45.6 Å². The predicted molar refractivity (Wildman–Crippen MR) is 136 cm³/mol. The SMILES string of the molecule is COC1CCC1Cc1cc(NC(=O)N(C)c2ccc(CN3CCN(C)CC3=O)c(C=O)n2)ncc1C#N. The van der Waals surface area contributed by atoms with Crippen molar-refractivity contribution in [2.75, 3.05) is 51.1 Å². The molecule has 0 radical (unpaired) electrons. The van der Waals surface area contributed by atoms with E-state index in [1.54, 1.807) is 30.2 Å². The lowest BCUT2D eigenvalue weighted by Gasteiger charge is -2.35. The zero-order valence-corrected chi connectivity index (χ0v) is 21.3. The summed E-state index contributed by atoms with van der Waals surface area (Å²) < 4.78 is 5.47. The summed E-state index contributed by atoms with van der Waals surface area (Å²) in [5, 5.41) is 12.2. The number of pyridine rings is 2. The second-order valence-electron chi connectivity index (χ2n) is 9.53. The Bertz CT molecular complexity index is 1230. The lowest BCUT2D eigenvalue weighted by Crippen LogP contribution is -2.48. The highest BCUT2D eigenvalue weighted by atomic mass is 16.5. The quantitative estimate of drug-likeness (QED) is 0.540. The molecule has 0 aromatic carbocycles. The summed E-state index contributed by atoms with van der Waals surface area (Å²) in [6, 6.07) is 6.75. The van der Waals surface area contributed by atoms with Crippen LogP contribution in [-0.4, -0.2) is 84.9 Å². The molecule has 37 heavy (non-hydrogen) atoms. The molecular weight excluding hydrogens is 474 g/mol. The van der Waals surface area contributed by atoms with Gasteiger partial charge in [-0.05, 0) is 49.9 Å². The average Bonchev–Trinajstić information content (AvgIpc) is 2.88. The number of nitrogens with zero attached hydrogens (tertiary/aromatic N) is 6. The van der Waals surface area contributed by atoms with Crippen molar-refractivity contribution in [1.29, 1.82) is 5.26 Å². The normalized spacial score (nSPS) is 19.6. The number of hydrogen-bond acceptors (Lipinski definition) is 8. The van der Waals surface area contributed by atoms with E-state index in [2.05, 4.69) is 21.4 Å². The molecular formula is C26H31N7O4. The maximum atomic E-state index is 12.9. The second-order valence-corrected chi connectivity index (χ2v) is 9.53. The molecule has 4 rings (SSSR count). The molecule has 0 spiro atoms. The zero-order valence-electron chi connectivity index (χ0n) is 21.3. The highest BCUT2D eigenvalue weighted by Crippen LogP contribution is 2.33. The van der Waals surface area contributed by atoms with Crippen molar-refractivity contribution in [1.82, 2.24) is 19.8 Å². The molecule has 194 valence electrons. The van der Waals surface area contributed by atoms with Crippen LogP contribution in [0, 0.1) is 17.2 Å². The number of aromatic nitrogens is 2. The van der Waals surface area contributed by atoms with Gasteiger partial charge >= 0.3 is 6.03 Å². The van der Waals surface area contributed by atoms with Gasteiger partial charge in [-0.15, -0.1) is 0 Å². The number of piperazine rings is 1. The molecule has 2 fully saturated rings. The minimum atomic E-state index is -0.493. The van der Waals surface area contributed by atoms with Crippen LogP contribution in [0.25, 0.3) is 0 Å². The van der Waals surface area contributed by atoms with Gasteiger partial charge in [-0.25, -0.2) is 14.8 Å². The number of carbonyl (C=O) groups excluding carboxylic acids is 3. The Balaban J connectivity index is 1.44. The van der Waals surface area contributed by atoms with Crippen molar-refractivity contribution in [3.8, 4) is 6.07 Å². The number of urea groups is 1. The minimum absolute atomic E-state index is 0.00416. The average molecular weight is 506 g/mol. The molecule has 2 aromatic heterocycles. The first-order valence-electron chi connectivity index (χ1n) is 12.2. The second kappa shape index (κ2) is 11.5. The van der Waals surface area contributed by atoms with Crippen molar-refractivity contribution in [2.45, 2.75) is 31.9 Å². The topological polar surface area (TPSA) is 132 Å². The Morgan fingerprint density at radius 3 is 2.78 bits per heavy atom. The molecule has 1 saturated heterocycles.